The summed E-state index contributed by atoms with van der Waals surface area (Å²) in [7, 11) is 1.52. The van der Waals surface area contributed by atoms with Gasteiger partial charge in [0.05, 0.1) is 23.1 Å². The zero-order chi connectivity index (χ0) is 18.4. The molecule has 0 aliphatic carbocycles. The summed E-state index contributed by atoms with van der Waals surface area (Å²) in [5.41, 5.74) is 0.562. The monoisotopic (exact) mass is 383 g/mol. The van der Waals surface area contributed by atoms with Crippen molar-refractivity contribution in [3.8, 4) is 5.75 Å². The van der Waals surface area contributed by atoms with Crippen LogP contribution in [0.5, 0.6) is 5.75 Å². The van der Waals surface area contributed by atoms with Crippen LogP contribution in [-0.4, -0.2) is 35.1 Å². The van der Waals surface area contributed by atoms with E-state index in [9.17, 15) is 9.59 Å². The van der Waals surface area contributed by atoms with Crippen LogP contribution < -0.4 is 15.4 Å². The number of carbonyl (C=O) groups is 2. The third-order valence-corrected chi connectivity index (χ3v) is 4.59. The maximum atomic E-state index is 12.0. The summed E-state index contributed by atoms with van der Waals surface area (Å²) >= 11 is 7.22. The fourth-order valence-corrected chi connectivity index (χ4v) is 2.81. The summed E-state index contributed by atoms with van der Waals surface area (Å²) < 4.78 is 9.94. The molecule has 0 aliphatic rings. The van der Waals surface area contributed by atoms with Crippen molar-refractivity contribution in [3.63, 3.8) is 0 Å². The first kappa shape index (κ1) is 19.1. The SMILES string of the molecule is COc1ccc(NC(=O)CSC(C)C(=O)Nc2cc(C)on2)cc1Cl. The van der Waals surface area contributed by atoms with Crippen LogP contribution >= 0.6 is 23.4 Å². The standard InChI is InChI=1S/C16H18ClN3O4S/c1-9-6-14(20-24-9)19-16(22)10(2)25-8-15(21)18-11-4-5-13(23-3)12(17)7-11/h4-7,10H,8H2,1-3H3,(H,18,21)(H,19,20,22). The second kappa shape index (κ2) is 8.77. The maximum absolute atomic E-state index is 12.0. The van der Waals surface area contributed by atoms with Crippen molar-refractivity contribution in [3.05, 3.63) is 35.0 Å². The molecule has 2 rings (SSSR count). The van der Waals surface area contributed by atoms with Gasteiger partial charge in [0, 0.05) is 11.8 Å². The minimum Gasteiger partial charge on any atom is -0.495 e. The molecule has 1 aromatic carbocycles. The zero-order valence-corrected chi connectivity index (χ0v) is 15.5. The third kappa shape index (κ3) is 5.68. The van der Waals surface area contributed by atoms with Crippen molar-refractivity contribution in [2.75, 3.05) is 23.5 Å². The van der Waals surface area contributed by atoms with Crippen LogP contribution in [-0.2, 0) is 9.59 Å². The van der Waals surface area contributed by atoms with E-state index in [-0.39, 0.29) is 17.6 Å². The zero-order valence-electron chi connectivity index (χ0n) is 14.0. The molecule has 0 spiro atoms. The maximum Gasteiger partial charge on any atom is 0.238 e. The van der Waals surface area contributed by atoms with E-state index in [4.69, 9.17) is 20.9 Å². The first-order valence-corrected chi connectivity index (χ1v) is 8.81. The van der Waals surface area contributed by atoms with Gasteiger partial charge in [0.25, 0.3) is 0 Å². The lowest BCUT2D eigenvalue weighted by Crippen LogP contribution is -2.25. The summed E-state index contributed by atoms with van der Waals surface area (Å²) in [4.78, 5) is 24.0. The molecule has 0 fully saturated rings. The first-order valence-electron chi connectivity index (χ1n) is 7.38. The number of amides is 2. The molecule has 2 N–H and O–H groups in total. The van der Waals surface area contributed by atoms with Crippen LogP contribution in [0.2, 0.25) is 5.02 Å². The molecule has 0 radical (unpaired) electrons. The van der Waals surface area contributed by atoms with Crippen molar-refractivity contribution in [2.24, 2.45) is 0 Å². The Morgan fingerprint density at radius 3 is 2.72 bits per heavy atom. The highest BCUT2D eigenvalue weighted by atomic mass is 35.5. The van der Waals surface area contributed by atoms with Gasteiger partial charge in [-0.3, -0.25) is 9.59 Å². The number of hydrogen-bond donors (Lipinski definition) is 2. The molecular weight excluding hydrogens is 366 g/mol. The Morgan fingerprint density at radius 2 is 2.12 bits per heavy atom. The molecule has 134 valence electrons. The Morgan fingerprint density at radius 1 is 1.36 bits per heavy atom. The lowest BCUT2D eigenvalue weighted by molar-refractivity contribution is -0.115. The van der Waals surface area contributed by atoms with Gasteiger partial charge in [0.2, 0.25) is 11.8 Å². The number of methoxy groups -OCH3 is 1. The van der Waals surface area contributed by atoms with Crippen LogP contribution in [0.25, 0.3) is 0 Å². The van der Waals surface area contributed by atoms with Gasteiger partial charge in [-0.1, -0.05) is 16.8 Å². The highest BCUT2D eigenvalue weighted by Gasteiger charge is 2.17. The Kier molecular flexibility index (Phi) is 6.72. The van der Waals surface area contributed by atoms with Gasteiger partial charge in [-0.05, 0) is 32.0 Å². The Bertz CT molecular complexity index is 766. The van der Waals surface area contributed by atoms with Crippen LogP contribution in [0.4, 0.5) is 11.5 Å². The minimum absolute atomic E-state index is 0.121. The van der Waals surface area contributed by atoms with E-state index >= 15 is 0 Å². The van der Waals surface area contributed by atoms with Crippen LogP contribution in [0.1, 0.15) is 12.7 Å². The number of benzene rings is 1. The van der Waals surface area contributed by atoms with Crippen LogP contribution in [0, 0.1) is 6.92 Å². The molecule has 1 atom stereocenters. The number of thioether (sulfide) groups is 1. The van der Waals surface area contributed by atoms with Crippen molar-refractivity contribution >= 4 is 46.7 Å². The van der Waals surface area contributed by atoms with Gasteiger partial charge >= 0.3 is 0 Å². The molecule has 2 amide bonds. The molecule has 9 heteroatoms. The van der Waals surface area contributed by atoms with Gasteiger partial charge < -0.3 is 19.9 Å². The molecule has 2 aromatic rings. The summed E-state index contributed by atoms with van der Waals surface area (Å²) in [5.74, 6) is 1.13. The lowest BCUT2D eigenvalue weighted by atomic mass is 10.3. The third-order valence-electron chi connectivity index (χ3n) is 3.15. The first-order chi connectivity index (χ1) is 11.9. The molecule has 1 heterocycles. The van der Waals surface area contributed by atoms with Gasteiger partial charge in [-0.2, -0.15) is 0 Å². The Labute approximate surface area is 154 Å². The van der Waals surface area contributed by atoms with Crippen LogP contribution in [0.15, 0.2) is 28.8 Å². The lowest BCUT2D eigenvalue weighted by Gasteiger charge is -2.11. The number of aryl methyl sites for hydroxylation is 1. The minimum atomic E-state index is -0.429. The molecule has 7 nitrogen and oxygen atoms in total. The van der Waals surface area contributed by atoms with Gasteiger partial charge in [0.1, 0.15) is 11.5 Å². The summed E-state index contributed by atoms with van der Waals surface area (Å²) in [6.45, 7) is 3.45. The van der Waals surface area contributed by atoms with Crippen LogP contribution in [0.3, 0.4) is 0 Å². The highest BCUT2D eigenvalue weighted by Crippen LogP contribution is 2.27. The second-order valence-electron chi connectivity index (χ2n) is 5.16. The second-order valence-corrected chi connectivity index (χ2v) is 6.90. The number of ether oxygens (including phenoxy) is 1. The van der Waals surface area contributed by atoms with Gasteiger partial charge in [-0.15, -0.1) is 11.8 Å². The molecule has 0 saturated heterocycles. The van der Waals surface area contributed by atoms with Crippen molar-refractivity contribution < 1.29 is 18.8 Å². The molecule has 0 aliphatic heterocycles. The average Bonchev–Trinajstić information content (AvgIpc) is 2.97. The number of nitrogens with one attached hydrogen (secondary N) is 2. The summed E-state index contributed by atoms with van der Waals surface area (Å²) in [6, 6.07) is 6.58. The molecule has 25 heavy (non-hydrogen) atoms. The smallest absolute Gasteiger partial charge is 0.238 e. The number of hydrogen-bond acceptors (Lipinski definition) is 6. The fourth-order valence-electron chi connectivity index (χ4n) is 1.87. The Balaban J connectivity index is 1.80. The number of anilines is 2. The number of rotatable bonds is 7. The molecular formula is C16H18ClN3O4S. The van der Waals surface area contributed by atoms with E-state index in [0.717, 1.165) is 0 Å². The predicted molar refractivity (Wildman–Crippen MR) is 98.4 cm³/mol. The van der Waals surface area contributed by atoms with E-state index in [1.54, 1.807) is 38.1 Å². The number of aromatic nitrogens is 1. The Hall–Kier alpha value is -2.19. The van der Waals surface area contributed by atoms with Crippen molar-refractivity contribution in [1.82, 2.24) is 5.16 Å². The van der Waals surface area contributed by atoms with Gasteiger partial charge in [-0.25, -0.2) is 0 Å². The van der Waals surface area contributed by atoms with Crippen molar-refractivity contribution in [1.29, 1.82) is 0 Å². The number of nitrogens with zero attached hydrogens (tertiary/aromatic N) is 1. The van der Waals surface area contributed by atoms with E-state index in [0.29, 0.717) is 28.0 Å². The molecule has 1 unspecified atom stereocenters. The average molecular weight is 384 g/mol. The number of halogens is 1. The van der Waals surface area contributed by atoms with E-state index in [1.807, 2.05) is 0 Å². The fraction of sp³-hybridized carbons (Fsp3) is 0.312. The van der Waals surface area contributed by atoms with E-state index < -0.39 is 5.25 Å². The topological polar surface area (TPSA) is 93.5 Å². The highest BCUT2D eigenvalue weighted by molar-refractivity contribution is 8.01. The molecule has 0 bridgehead atoms. The van der Waals surface area contributed by atoms with Gasteiger partial charge in [0.15, 0.2) is 5.82 Å². The number of carbonyl (C=O) groups excluding carboxylic acids is 2. The normalized spacial score (nSPS) is 11.7. The largest absolute Gasteiger partial charge is 0.495 e. The molecule has 1 aromatic heterocycles. The van der Waals surface area contributed by atoms with E-state index in [2.05, 4.69) is 15.8 Å². The predicted octanol–water partition coefficient (Wildman–Crippen LogP) is 3.34. The molecule has 0 saturated carbocycles. The quantitative estimate of drug-likeness (QED) is 0.761. The summed E-state index contributed by atoms with van der Waals surface area (Å²) in [6.07, 6.45) is 0. The summed E-state index contributed by atoms with van der Waals surface area (Å²) in [5, 5.41) is 9.02. The van der Waals surface area contributed by atoms with E-state index in [1.165, 1.54) is 18.9 Å². The van der Waals surface area contributed by atoms with Crippen molar-refractivity contribution in [2.45, 2.75) is 19.1 Å².